The van der Waals surface area contributed by atoms with Gasteiger partial charge in [-0.3, -0.25) is 0 Å². The van der Waals surface area contributed by atoms with Gasteiger partial charge in [0.1, 0.15) is 0 Å². The number of hydrogen-bond acceptors (Lipinski definition) is 4. The highest BCUT2D eigenvalue weighted by Crippen LogP contribution is 2.19. The maximum atomic E-state index is 11.8. The van der Waals surface area contributed by atoms with Crippen molar-refractivity contribution >= 4 is 45.9 Å². The third-order valence-corrected chi connectivity index (χ3v) is 3.05. The molecule has 4 nitrogen and oxygen atoms in total. The molecule has 0 fully saturated rings. The quantitative estimate of drug-likeness (QED) is 0.385. The molecule has 1 N–H and O–H groups in total. The third kappa shape index (κ3) is 3.85. The summed E-state index contributed by atoms with van der Waals surface area (Å²) in [6, 6.07) is 5.27. The van der Waals surface area contributed by atoms with Crippen LogP contribution in [0.1, 0.15) is 12.5 Å². The molecule has 6 heteroatoms. The number of hydrazone groups is 1. The number of esters is 1. The fourth-order valence-corrected chi connectivity index (χ4v) is 1.97. The Bertz CT molecular complexity index is 449. The molecule has 0 saturated carbocycles. The molecular formula is C11H12ClIN2O2. The van der Waals surface area contributed by atoms with Crippen molar-refractivity contribution in [2.75, 3.05) is 13.7 Å². The van der Waals surface area contributed by atoms with Gasteiger partial charge in [0, 0.05) is 21.2 Å². The fourth-order valence-electron chi connectivity index (χ4n) is 1.21. The van der Waals surface area contributed by atoms with E-state index in [9.17, 15) is 4.79 Å². The summed E-state index contributed by atoms with van der Waals surface area (Å²) >= 11 is 8.03. The molecule has 92 valence electrons. The summed E-state index contributed by atoms with van der Waals surface area (Å²) < 4.78 is 5.83. The van der Waals surface area contributed by atoms with Gasteiger partial charge in [0.05, 0.1) is 6.61 Å². The standard InChI is InChI=1S/C11H12ClIN2O2/c1-3-17-11(16)10(15-14-2)8-6-7(12)4-5-9(8)13/h4-6,14H,3H2,1-2H3/b15-10-. The topological polar surface area (TPSA) is 50.7 Å². The number of nitrogens with one attached hydrogen (secondary N) is 1. The Balaban J connectivity index is 3.19. The zero-order chi connectivity index (χ0) is 12.8. The molecule has 0 aliphatic heterocycles. The first-order valence-electron chi connectivity index (χ1n) is 4.97. The van der Waals surface area contributed by atoms with E-state index < -0.39 is 5.97 Å². The molecule has 0 bridgehead atoms. The zero-order valence-electron chi connectivity index (χ0n) is 9.46. The molecule has 1 aromatic carbocycles. The molecule has 0 aliphatic carbocycles. The first kappa shape index (κ1) is 14.2. The molecule has 0 radical (unpaired) electrons. The predicted molar refractivity (Wildman–Crippen MR) is 76.4 cm³/mol. The highest BCUT2D eigenvalue weighted by Gasteiger charge is 2.18. The number of nitrogens with zero attached hydrogens (tertiary/aromatic N) is 1. The van der Waals surface area contributed by atoms with Gasteiger partial charge >= 0.3 is 5.97 Å². The van der Waals surface area contributed by atoms with Crippen molar-refractivity contribution in [3.63, 3.8) is 0 Å². The highest BCUT2D eigenvalue weighted by molar-refractivity contribution is 14.1. The summed E-state index contributed by atoms with van der Waals surface area (Å²) in [5, 5.41) is 4.49. The number of ether oxygens (including phenoxy) is 1. The lowest BCUT2D eigenvalue weighted by molar-refractivity contribution is -0.134. The van der Waals surface area contributed by atoms with Crippen molar-refractivity contribution in [1.29, 1.82) is 0 Å². The third-order valence-electron chi connectivity index (χ3n) is 1.88. The Morgan fingerprint density at radius 3 is 2.88 bits per heavy atom. The number of carbonyl (C=O) groups excluding carboxylic acids is 1. The maximum absolute atomic E-state index is 11.8. The number of hydrogen-bond donors (Lipinski definition) is 1. The van der Waals surface area contributed by atoms with E-state index >= 15 is 0 Å². The largest absolute Gasteiger partial charge is 0.461 e. The summed E-state index contributed by atoms with van der Waals surface area (Å²) in [6.07, 6.45) is 0. The highest BCUT2D eigenvalue weighted by atomic mass is 127. The predicted octanol–water partition coefficient (Wildman–Crippen LogP) is 2.43. The van der Waals surface area contributed by atoms with Gasteiger partial charge < -0.3 is 10.2 Å². The molecule has 0 atom stereocenters. The number of rotatable bonds is 4. The van der Waals surface area contributed by atoms with Crippen LogP contribution in [0.2, 0.25) is 5.02 Å². The molecule has 1 rings (SSSR count). The van der Waals surface area contributed by atoms with Crippen LogP contribution in [-0.2, 0) is 9.53 Å². The maximum Gasteiger partial charge on any atom is 0.359 e. The second kappa shape index (κ2) is 6.80. The summed E-state index contributed by atoms with van der Waals surface area (Å²) in [4.78, 5) is 11.8. The number of carbonyl (C=O) groups is 1. The van der Waals surface area contributed by atoms with Crippen molar-refractivity contribution < 1.29 is 9.53 Å². The van der Waals surface area contributed by atoms with Crippen LogP contribution >= 0.6 is 34.2 Å². The second-order valence-corrected chi connectivity index (χ2v) is 4.63. The number of benzene rings is 1. The van der Waals surface area contributed by atoms with Crippen LogP contribution in [-0.4, -0.2) is 25.3 Å². The molecule has 0 spiro atoms. The van der Waals surface area contributed by atoms with Crippen LogP contribution in [0, 0.1) is 3.57 Å². The van der Waals surface area contributed by atoms with Gasteiger partial charge in [-0.15, -0.1) is 0 Å². The Kier molecular flexibility index (Phi) is 5.70. The minimum Gasteiger partial charge on any atom is -0.461 e. The van der Waals surface area contributed by atoms with E-state index in [0.717, 1.165) is 3.57 Å². The van der Waals surface area contributed by atoms with Gasteiger partial charge in [-0.1, -0.05) is 11.6 Å². The lowest BCUT2D eigenvalue weighted by atomic mass is 10.1. The average molecular weight is 367 g/mol. The van der Waals surface area contributed by atoms with Crippen LogP contribution in [0.4, 0.5) is 0 Å². The first-order chi connectivity index (χ1) is 8.10. The van der Waals surface area contributed by atoms with E-state index in [2.05, 4.69) is 33.1 Å². The Morgan fingerprint density at radius 2 is 2.29 bits per heavy atom. The molecule has 0 saturated heterocycles. The summed E-state index contributed by atoms with van der Waals surface area (Å²) in [6.45, 7) is 2.05. The van der Waals surface area contributed by atoms with Crippen LogP contribution in [0.25, 0.3) is 0 Å². The molecule has 0 aromatic heterocycles. The normalized spacial score (nSPS) is 11.2. The van der Waals surface area contributed by atoms with E-state index in [-0.39, 0.29) is 5.71 Å². The molecule has 0 heterocycles. The molecule has 17 heavy (non-hydrogen) atoms. The van der Waals surface area contributed by atoms with Crippen molar-refractivity contribution in [3.8, 4) is 0 Å². The van der Waals surface area contributed by atoms with E-state index in [0.29, 0.717) is 17.2 Å². The van der Waals surface area contributed by atoms with Gasteiger partial charge in [-0.25, -0.2) is 4.79 Å². The number of halogens is 2. The molecule has 0 aliphatic rings. The van der Waals surface area contributed by atoms with Crippen molar-refractivity contribution in [2.45, 2.75) is 6.92 Å². The molecular weight excluding hydrogens is 354 g/mol. The monoisotopic (exact) mass is 366 g/mol. The summed E-state index contributed by atoms with van der Waals surface area (Å²) in [5.41, 5.74) is 3.47. The summed E-state index contributed by atoms with van der Waals surface area (Å²) in [5.74, 6) is -0.470. The van der Waals surface area contributed by atoms with E-state index in [1.165, 1.54) is 0 Å². The Hall–Kier alpha value is -0.820. The first-order valence-corrected chi connectivity index (χ1v) is 6.42. The van der Waals surface area contributed by atoms with Crippen LogP contribution in [0.15, 0.2) is 23.3 Å². The second-order valence-electron chi connectivity index (χ2n) is 3.03. The minimum absolute atomic E-state index is 0.223. The molecule has 0 unspecified atom stereocenters. The minimum atomic E-state index is -0.470. The van der Waals surface area contributed by atoms with Crippen LogP contribution in [0.3, 0.4) is 0 Å². The van der Waals surface area contributed by atoms with Crippen molar-refractivity contribution in [3.05, 3.63) is 32.4 Å². The molecule has 1 aromatic rings. The zero-order valence-corrected chi connectivity index (χ0v) is 12.4. The van der Waals surface area contributed by atoms with Gasteiger partial charge in [0.15, 0.2) is 5.71 Å². The van der Waals surface area contributed by atoms with Crippen LogP contribution in [0.5, 0.6) is 0 Å². The van der Waals surface area contributed by atoms with E-state index in [1.807, 2.05) is 6.07 Å². The summed E-state index contributed by atoms with van der Waals surface area (Å²) in [7, 11) is 1.62. The Morgan fingerprint density at radius 1 is 1.59 bits per heavy atom. The average Bonchev–Trinajstić information content (AvgIpc) is 2.30. The van der Waals surface area contributed by atoms with Crippen molar-refractivity contribution in [2.24, 2.45) is 5.10 Å². The molecule has 0 amide bonds. The SMILES string of the molecule is CCOC(=O)/C(=N\NC)c1cc(Cl)ccc1I. The van der Waals surface area contributed by atoms with E-state index in [4.69, 9.17) is 16.3 Å². The van der Waals surface area contributed by atoms with Crippen molar-refractivity contribution in [1.82, 2.24) is 5.43 Å². The lowest BCUT2D eigenvalue weighted by Gasteiger charge is -2.08. The van der Waals surface area contributed by atoms with Gasteiger partial charge in [0.2, 0.25) is 0 Å². The Labute approximate surface area is 119 Å². The lowest BCUT2D eigenvalue weighted by Crippen LogP contribution is -2.22. The van der Waals surface area contributed by atoms with Gasteiger partial charge in [0.25, 0.3) is 0 Å². The smallest absolute Gasteiger partial charge is 0.359 e. The van der Waals surface area contributed by atoms with Gasteiger partial charge in [-0.2, -0.15) is 5.10 Å². The van der Waals surface area contributed by atoms with Gasteiger partial charge in [-0.05, 0) is 47.7 Å². The van der Waals surface area contributed by atoms with Crippen LogP contribution < -0.4 is 5.43 Å². The van der Waals surface area contributed by atoms with E-state index in [1.54, 1.807) is 26.1 Å². The fraction of sp³-hybridized carbons (Fsp3) is 0.273.